The van der Waals surface area contributed by atoms with Crippen LogP contribution in [0.25, 0.3) is 0 Å². The number of nitrogens with zero attached hydrogens (tertiary/aromatic N) is 6. The number of aliphatic imine (C=N–C) groups is 1. The van der Waals surface area contributed by atoms with Crippen LogP contribution in [0.2, 0.25) is 0 Å². The van der Waals surface area contributed by atoms with E-state index in [2.05, 4.69) is 56.3 Å². The molecular formula is C28H32N6O2S. The number of rotatable bonds is 10. The van der Waals surface area contributed by atoms with Gasteiger partial charge in [0, 0.05) is 25.2 Å². The van der Waals surface area contributed by atoms with E-state index in [1.54, 1.807) is 18.2 Å². The third-order valence-electron chi connectivity index (χ3n) is 6.16. The number of benzene rings is 3. The van der Waals surface area contributed by atoms with Gasteiger partial charge in [-0.15, -0.1) is 10.2 Å². The van der Waals surface area contributed by atoms with Crippen LogP contribution in [0.4, 0.5) is 28.4 Å². The van der Waals surface area contributed by atoms with E-state index in [9.17, 15) is 8.42 Å². The first-order valence-electron chi connectivity index (χ1n) is 12.6. The van der Waals surface area contributed by atoms with Gasteiger partial charge in [0.05, 0.1) is 33.4 Å². The minimum atomic E-state index is -3.27. The predicted molar refractivity (Wildman–Crippen MR) is 149 cm³/mol. The van der Waals surface area contributed by atoms with Gasteiger partial charge in [0.1, 0.15) is 0 Å². The number of hydrogen-bond acceptors (Lipinski definition) is 8. The van der Waals surface area contributed by atoms with E-state index in [1.807, 2.05) is 43.3 Å². The van der Waals surface area contributed by atoms with Crippen molar-refractivity contribution in [3.63, 3.8) is 0 Å². The maximum Gasteiger partial charge on any atom is 0.178 e. The van der Waals surface area contributed by atoms with Crippen molar-refractivity contribution in [1.82, 2.24) is 0 Å². The fraction of sp³-hybridized carbons (Fsp3) is 0.321. The van der Waals surface area contributed by atoms with Gasteiger partial charge < -0.3 is 4.90 Å². The van der Waals surface area contributed by atoms with E-state index in [0.29, 0.717) is 34.9 Å². The van der Waals surface area contributed by atoms with Crippen LogP contribution in [0.3, 0.4) is 0 Å². The fourth-order valence-corrected chi connectivity index (χ4v) is 5.50. The number of anilines is 1. The average Bonchev–Trinajstić information content (AvgIpc) is 3.34. The molecule has 1 aliphatic heterocycles. The summed E-state index contributed by atoms with van der Waals surface area (Å²) in [5.74, 6) is 0.712. The van der Waals surface area contributed by atoms with Crippen LogP contribution in [-0.2, 0) is 16.3 Å². The first-order valence-corrected chi connectivity index (χ1v) is 14.3. The summed E-state index contributed by atoms with van der Waals surface area (Å²) in [5, 5.41) is 17.2. The standard InChI is InChI=1S/C28H32N6O2S/c1-4-7-18-37(35,36)26-16-17-27-21(19-26)20-28(29-27)33-32-23-10-8-22(9-11-23)30-31-24-12-14-25(15-13-24)34(5-2)6-3/h8-17,19H,4-7,18,20H2,1-3H3. The summed E-state index contributed by atoms with van der Waals surface area (Å²) < 4.78 is 25.0. The molecule has 8 nitrogen and oxygen atoms in total. The summed E-state index contributed by atoms with van der Waals surface area (Å²) in [5.41, 5.74) is 4.95. The number of sulfone groups is 1. The molecule has 0 atom stereocenters. The number of fused-ring (bicyclic) bond motifs is 1. The number of unbranched alkanes of at least 4 members (excludes halogenated alkanes) is 1. The maximum atomic E-state index is 12.5. The molecule has 0 spiro atoms. The zero-order chi connectivity index (χ0) is 26.3. The molecule has 0 bridgehead atoms. The van der Waals surface area contributed by atoms with Crippen molar-refractivity contribution in [2.24, 2.45) is 25.4 Å². The van der Waals surface area contributed by atoms with Crippen molar-refractivity contribution < 1.29 is 8.42 Å². The Morgan fingerprint density at radius 3 is 1.92 bits per heavy atom. The van der Waals surface area contributed by atoms with Gasteiger partial charge in [-0.05, 0) is 92.6 Å². The summed E-state index contributed by atoms with van der Waals surface area (Å²) in [6.45, 7) is 8.19. The van der Waals surface area contributed by atoms with Crippen molar-refractivity contribution in [3.05, 3.63) is 72.3 Å². The second-order valence-corrected chi connectivity index (χ2v) is 10.9. The molecule has 3 aromatic carbocycles. The second kappa shape index (κ2) is 12.0. The Morgan fingerprint density at radius 1 is 0.784 bits per heavy atom. The lowest BCUT2D eigenvalue weighted by molar-refractivity contribution is 0.592. The minimum absolute atomic E-state index is 0.161. The third-order valence-corrected chi connectivity index (χ3v) is 7.96. The van der Waals surface area contributed by atoms with Crippen molar-refractivity contribution in [2.45, 2.75) is 44.9 Å². The Kier molecular flexibility index (Phi) is 8.55. The molecule has 0 fully saturated rings. The quantitative estimate of drug-likeness (QED) is 0.256. The third kappa shape index (κ3) is 6.74. The highest BCUT2D eigenvalue weighted by Crippen LogP contribution is 2.31. The van der Waals surface area contributed by atoms with Gasteiger partial charge in [0.15, 0.2) is 15.7 Å². The Balaban J connectivity index is 1.36. The highest BCUT2D eigenvalue weighted by atomic mass is 32.2. The van der Waals surface area contributed by atoms with Gasteiger partial charge in [-0.3, -0.25) is 0 Å². The molecule has 0 amide bonds. The normalized spacial score (nSPS) is 13.3. The molecule has 1 aliphatic rings. The van der Waals surface area contributed by atoms with Crippen LogP contribution < -0.4 is 4.90 Å². The van der Waals surface area contributed by atoms with E-state index in [4.69, 9.17) is 0 Å². The van der Waals surface area contributed by atoms with Crippen LogP contribution in [0.1, 0.15) is 39.2 Å². The summed E-state index contributed by atoms with van der Waals surface area (Å²) in [4.78, 5) is 7.11. The highest BCUT2D eigenvalue weighted by molar-refractivity contribution is 7.91. The molecule has 0 unspecified atom stereocenters. The Bertz CT molecular complexity index is 1410. The lowest BCUT2D eigenvalue weighted by Gasteiger charge is -2.20. The zero-order valence-electron chi connectivity index (χ0n) is 21.5. The van der Waals surface area contributed by atoms with Crippen molar-refractivity contribution in [3.8, 4) is 0 Å². The molecule has 0 radical (unpaired) electrons. The number of amidine groups is 1. The Hall–Kier alpha value is -3.72. The smallest absolute Gasteiger partial charge is 0.178 e. The zero-order valence-corrected chi connectivity index (χ0v) is 22.3. The molecule has 9 heteroatoms. The first kappa shape index (κ1) is 26.3. The van der Waals surface area contributed by atoms with Crippen molar-refractivity contribution in [2.75, 3.05) is 23.7 Å². The predicted octanol–water partition coefficient (Wildman–Crippen LogP) is 7.89. The second-order valence-electron chi connectivity index (χ2n) is 8.77. The van der Waals surface area contributed by atoms with Gasteiger partial charge in [-0.2, -0.15) is 10.2 Å². The highest BCUT2D eigenvalue weighted by Gasteiger charge is 2.20. The summed E-state index contributed by atoms with van der Waals surface area (Å²) in [6.07, 6.45) is 1.95. The Labute approximate surface area is 218 Å². The SMILES string of the molecule is CCCCS(=O)(=O)c1ccc2c(c1)CC(N=Nc1ccc(N=Nc3ccc(N(CC)CC)cc3)cc1)=N2. The van der Waals surface area contributed by atoms with Gasteiger partial charge in [-0.1, -0.05) is 13.3 Å². The molecule has 37 heavy (non-hydrogen) atoms. The molecule has 0 N–H and O–H groups in total. The van der Waals surface area contributed by atoms with Crippen molar-refractivity contribution >= 4 is 44.1 Å². The van der Waals surface area contributed by atoms with E-state index in [0.717, 1.165) is 36.4 Å². The summed E-state index contributed by atoms with van der Waals surface area (Å²) in [6, 6.07) is 20.4. The molecule has 3 aromatic rings. The molecule has 0 saturated heterocycles. The number of hydrogen-bond donors (Lipinski definition) is 0. The molecule has 1 heterocycles. The van der Waals surface area contributed by atoms with Crippen LogP contribution in [-0.4, -0.2) is 33.1 Å². The fourth-order valence-electron chi connectivity index (χ4n) is 4.00. The average molecular weight is 517 g/mol. The number of azo groups is 2. The first-order chi connectivity index (χ1) is 17.9. The summed E-state index contributed by atoms with van der Waals surface area (Å²) >= 11 is 0. The van der Waals surface area contributed by atoms with Crippen LogP contribution in [0, 0.1) is 0 Å². The lowest BCUT2D eigenvalue weighted by Crippen LogP contribution is -2.21. The summed E-state index contributed by atoms with van der Waals surface area (Å²) in [7, 11) is -3.27. The van der Waals surface area contributed by atoms with Crippen LogP contribution >= 0.6 is 0 Å². The van der Waals surface area contributed by atoms with E-state index >= 15 is 0 Å². The minimum Gasteiger partial charge on any atom is -0.372 e. The Morgan fingerprint density at radius 2 is 1.35 bits per heavy atom. The molecular weight excluding hydrogens is 484 g/mol. The van der Waals surface area contributed by atoms with Crippen LogP contribution in [0.15, 0.2) is 97.1 Å². The molecule has 0 saturated carbocycles. The lowest BCUT2D eigenvalue weighted by atomic mass is 10.1. The molecule has 0 aromatic heterocycles. The monoisotopic (exact) mass is 516 g/mol. The van der Waals surface area contributed by atoms with Gasteiger partial charge >= 0.3 is 0 Å². The van der Waals surface area contributed by atoms with Crippen molar-refractivity contribution in [1.29, 1.82) is 0 Å². The molecule has 4 rings (SSSR count). The van der Waals surface area contributed by atoms with E-state index in [-0.39, 0.29) is 5.75 Å². The van der Waals surface area contributed by atoms with Crippen LogP contribution in [0.5, 0.6) is 0 Å². The largest absolute Gasteiger partial charge is 0.372 e. The molecule has 192 valence electrons. The topological polar surface area (TPSA) is 99.2 Å². The van der Waals surface area contributed by atoms with Gasteiger partial charge in [0.2, 0.25) is 0 Å². The van der Waals surface area contributed by atoms with E-state index in [1.165, 1.54) is 5.69 Å². The van der Waals surface area contributed by atoms with Gasteiger partial charge in [0.25, 0.3) is 0 Å². The van der Waals surface area contributed by atoms with E-state index < -0.39 is 9.84 Å². The maximum absolute atomic E-state index is 12.5. The molecule has 0 aliphatic carbocycles. The van der Waals surface area contributed by atoms with Gasteiger partial charge in [-0.25, -0.2) is 13.4 Å².